The molecule has 1 aromatic rings. The first-order chi connectivity index (χ1) is 11.5. The van der Waals surface area contributed by atoms with Gasteiger partial charge in [-0.1, -0.05) is 12.8 Å². The maximum Gasteiger partial charge on any atom is 0.321 e. The van der Waals surface area contributed by atoms with Gasteiger partial charge in [-0.3, -0.25) is 20.2 Å². The van der Waals surface area contributed by atoms with Crippen LogP contribution in [0, 0.1) is 10.1 Å². The summed E-state index contributed by atoms with van der Waals surface area (Å²) >= 11 is 0. The molecule has 0 saturated heterocycles. The number of ether oxygens (including phenoxy) is 2. The molecule has 3 amide bonds. The van der Waals surface area contributed by atoms with Crippen LogP contribution >= 0.6 is 0 Å². The lowest BCUT2D eigenvalue weighted by Gasteiger charge is -2.13. The Kier molecular flexibility index (Phi) is 5.94. The second-order valence-corrected chi connectivity index (χ2v) is 5.38. The van der Waals surface area contributed by atoms with Crippen LogP contribution in [0.25, 0.3) is 0 Å². The summed E-state index contributed by atoms with van der Waals surface area (Å²) in [5.41, 5.74) is -0.190. The number of nitro benzene ring substituents is 1. The number of methoxy groups -OCH3 is 1. The molecule has 2 rings (SSSR count). The van der Waals surface area contributed by atoms with E-state index < -0.39 is 23.5 Å². The summed E-state index contributed by atoms with van der Waals surface area (Å²) in [6.07, 6.45) is 3.94. The first-order valence-corrected chi connectivity index (χ1v) is 7.55. The Morgan fingerprint density at radius 3 is 2.62 bits per heavy atom. The first-order valence-electron chi connectivity index (χ1n) is 7.55. The molecule has 130 valence electrons. The number of benzene rings is 1. The number of carbonyl (C=O) groups is 2. The van der Waals surface area contributed by atoms with Crippen LogP contribution in [-0.2, 0) is 4.79 Å². The van der Waals surface area contributed by atoms with Gasteiger partial charge in [0, 0.05) is 12.1 Å². The highest BCUT2D eigenvalue weighted by molar-refractivity contribution is 5.95. The molecular formula is C15H19N3O6. The van der Waals surface area contributed by atoms with Gasteiger partial charge in [-0.25, -0.2) is 4.79 Å². The van der Waals surface area contributed by atoms with E-state index in [1.165, 1.54) is 19.2 Å². The van der Waals surface area contributed by atoms with Crippen LogP contribution in [0.15, 0.2) is 18.2 Å². The molecule has 1 saturated carbocycles. The third-order valence-electron chi connectivity index (χ3n) is 3.66. The summed E-state index contributed by atoms with van der Waals surface area (Å²) in [4.78, 5) is 33.6. The summed E-state index contributed by atoms with van der Waals surface area (Å²) < 4.78 is 10.3. The minimum Gasteiger partial charge on any atom is -0.493 e. The van der Waals surface area contributed by atoms with Crippen LogP contribution in [0.1, 0.15) is 25.7 Å². The maximum absolute atomic E-state index is 11.7. The molecule has 9 nitrogen and oxygen atoms in total. The van der Waals surface area contributed by atoms with Crippen LogP contribution < -0.4 is 20.1 Å². The molecule has 1 aliphatic rings. The first kappa shape index (κ1) is 17.5. The normalized spacial score (nSPS) is 14.0. The fourth-order valence-electron chi connectivity index (χ4n) is 2.49. The van der Waals surface area contributed by atoms with Crippen molar-refractivity contribution in [2.24, 2.45) is 0 Å². The average Bonchev–Trinajstić information content (AvgIpc) is 3.05. The molecule has 0 aromatic heterocycles. The number of rotatable bonds is 6. The molecular weight excluding hydrogens is 318 g/mol. The molecule has 0 aliphatic heterocycles. The molecule has 1 fully saturated rings. The van der Waals surface area contributed by atoms with E-state index in [0.29, 0.717) is 0 Å². The van der Waals surface area contributed by atoms with E-state index in [2.05, 4.69) is 10.6 Å². The number of nitro groups is 1. The van der Waals surface area contributed by atoms with Crippen molar-refractivity contribution >= 4 is 17.6 Å². The topological polar surface area (TPSA) is 120 Å². The summed E-state index contributed by atoms with van der Waals surface area (Å²) in [5.74, 6) is -0.346. The van der Waals surface area contributed by atoms with E-state index in [0.717, 1.165) is 31.7 Å². The molecule has 9 heteroatoms. The Balaban J connectivity index is 1.87. The van der Waals surface area contributed by atoms with Gasteiger partial charge in [0.1, 0.15) is 0 Å². The van der Waals surface area contributed by atoms with E-state index in [9.17, 15) is 19.7 Å². The average molecular weight is 337 g/mol. The minimum absolute atomic E-state index is 0.0538. The SMILES string of the molecule is COc1ccc([N+](=O)[O-])cc1OCC(=O)NC(=O)NC1CCCC1. The zero-order chi connectivity index (χ0) is 17.5. The Morgan fingerprint density at radius 1 is 1.29 bits per heavy atom. The van der Waals surface area contributed by atoms with Crippen molar-refractivity contribution in [3.8, 4) is 11.5 Å². The molecule has 1 aliphatic carbocycles. The highest BCUT2D eigenvalue weighted by Gasteiger charge is 2.19. The van der Waals surface area contributed by atoms with Crippen molar-refractivity contribution in [3.05, 3.63) is 28.3 Å². The number of urea groups is 1. The lowest BCUT2D eigenvalue weighted by molar-refractivity contribution is -0.385. The van der Waals surface area contributed by atoms with E-state index >= 15 is 0 Å². The number of imide groups is 1. The van der Waals surface area contributed by atoms with E-state index in [-0.39, 0.29) is 23.2 Å². The van der Waals surface area contributed by atoms with Crippen molar-refractivity contribution in [2.45, 2.75) is 31.7 Å². The Labute approximate surface area is 138 Å². The lowest BCUT2D eigenvalue weighted by atomic mass is 10.2. The van der Waals surface area contributed by atoms with E-state index in [4.69, 9.17) is 9.47 Å². The van der Waals surface area contributed by atoms with Gasteiger partial charge < -0.3 is 14.8 Å². The smallest absolute Gasteiger partial charge is 0.321 e. The predicted molar refractivity (Wildman–Crippen MR) is 84.1 cm³/mol. The number of hydrogen-bond acceptors (Lipinski definition) is 6. The molecule has 0 spiro atoms. The molecule has 2 N–H and O–H groups in total. The number of non-ortho nitro benzene ring substituents is 1. The quantitative estimate of drug-likeness (QED) is 0.603. The molecule has 0 unspecified atom stereocenters. The lowest BCUT2D eigenvalue weighted by Crippen LogP contribution is -2.45. The molecule has 0 bridgehead atoms. The third-order valence-corrected chi connectivity index (χ3v) is 3.66. The van der Waals surface area contributed by atoms with Crippen molar-refractivity contribution in [1.29, 1.82) is 0 Å². The monoisotopic (exact) mass is 337 g/mol. The number of amides is 3. The van der Waals surface area contributed by atoms with Gasteiger partial charge in [-0.2, -0.15) is 0 Å². The Morgan fingerprint density at radius 2 is 2.00 bits per heavy atom. The van der Waals surface area contributed by atoms with Crippen LogP contribution in [0.3, 0.4) is 0 Å². The fourth-order valence-corrected chi connectivity index (χ4v) is 2.49. The summed E-state index contributed by atoms with van der Waals surface area (Å²) in [7, 11) is 1.38. The number of nitrogens with one attached hydrogen (secondary N) is 2. The van der Waals surface area contributed by atoms with Crippen molar-refractivity contribution in [1.82, 2.24) is 10.6 Å². The van der Waals surface area contributed by atoms with Crippen LogP contribution in [0.5, 0.6) is 11.5 Å². The van der Waals surface area contributed by atoms with Gasteiger partial charge in [0.05, 0.1) is 18.1 Å². The molecule has 0 heterocycles. The largest absolute Gasteiger partial charge is 0.493 e. The standard InChI is InChI=1S/C15H19N3O6/c1-23-12-7-6-11(18(21)22)8-13(12)24-9-14(19)17-15(20)16-10-4-2-3-5-10/h6-8,10H,2-5,9H2,1H3,(H2,16,17,19,20). The molecule has 0 atom stereocenters. The third kappa shape index (κ3) is 4.83. The maximum atomic E-state index is 11.7. The highest BCUT2D eigenvalue weighted by Crippen LogP contribution is 2.30. The summed E-state index contributed by atoms with van der Waals surface area (Å²) in [6, 6.07) is 3.32. The van der Waals surface area contributed by atoms with Crippen LogP contribution in [0.4, 0.5) is 10.5 Å². The zero-order valence-corrected chi connectivity index (χ0v) is 13.2. The number of hydrogen-bond donors (Lipinski definition) is 2. The Hall–Kier alpha value is -2.84. The van der Waals surface area contributed by atoms with Gasteiger partial charge in [0.2, 0.25) is 0 Å². The zero-order valence-electron chi connectivity index (χ0n) is 13.2. The predicted octanol–water partition coefficient (Wildman–Crippen LogP) is 1.75. The number of nitrogens with zero attached hydrogens (tertiary/aromatic N) is 1. The highest BCUT2D eigenvalue weighted by atomic mass is 16.6. The Bertz CT molecular complexity index is 628. The second-order valence-electron chi connectivity index (χ2n) is 5.38. The van der Waals surface area contributed by atoms with Gasteiger partial charge >= 0.3 is 6.03 Å². The van der Waals surface area contributed by atoms with Gasteiger partial charge in [0.25, 0.3) is 11.6 Å². The second kappa shape index (κ2) is 8.14. The van der Waals surface area contributed by atoms with Crippen molar-refractivity contribution < 1.29 is 24.0 Å². The van der Waals surface area contributed by atoms with E-state index in [1.807, 2.05) is 0 Å². The number of carbonyl (C=O) groups excluding carboxylic acids is 2. The summed E-state index contributed by atoms with van der Waals surface area (Å²) in [6.45, 7) is -0.463. The van der Waals surface area contributed by atoms with Crippen molar-refractivity contribution in [2.75, 3.05) is 13.7 Å². The van der Waals surface area contributed by atoms with Crippen molar-refractivity contribution in [3.63, 3.8) is 0 Å². The van der Waals surface area contributed by atoms with Gasteiger partial charge in [0.15, 0.2) is 18.1 Å². The van der Waals surface area contributed by atoms with Gasteiger partial charge in [-0.15, -0.1) is 0 Å². The van der Waals surface area contributed by atoms with Gasteiger partial charge in [-0.05, 0) is 18.9 Å². The molecule has 24 heavy (non-hydrogen) atoms. The van der Waals surface area contributed by atoms with E-state index in [1.54, 1.807) is 0 Å². The fraction of sp³-hybridized carbons (Fsp3) is 0.467. The molecule has 1 aromatic carbocycles. The minimum atomic E-state index is -0.654. The van der Waals surface area contributed by atoms with Crippen LogP contribution in [0.2, 0.25) is 0 Å². The molecule has 0 radical (unpaired) electrons. The van der Waals surface area contributed by atoms with Crippen LogP contribution in [-0.4, -0.2) is 36.6 Å². The summed E-state index contributed by atoms with van der Waals surface area (Å²) in [5, 5.41) is 15.7.